The van der Waals surface area contributed by atoms with Gasteiger partial charge < -0.3 is 9.84 Å². The van der Waals surface area contributed by atoms with E-state index in [1.807, 2.05) is 0 Å². The van der Waals surface area contributed by atoms with E-state index >= 15 is 0 Å². The molecular weight excluding hydrogens is 313 g/mol. The maximum atomic E-state index is 13.0. The van der Waals surface area contributed by atoms with E-state index in [2.05, 4.69) is 9.84 Å². The summed E-state index contributed by atoms with van der Waals surface area (Å²) < 4.78 is 44.4. The molecule has 1 aromatic carbocycles. The van der Waals surface area contributed by atoms with Crippen molar-refractivity contribution in [3.05, 3.63) is 53.3 Å². The molecule has 0 bridgehead atoms. The molecule has 0 unspecified atom stereocenters. The fraction of sp³-hybridized carbons (Fsp3) is 0.333. The first-order valence-electron chi connectivity index (χ1n) is 6.87. The molecule has 0 aliphatic rings. The number of aliphatic hydroxyl groups is 1. The van der Waals surface area contributed by atoms with Crippen LogP contribution in [0.15, 0.2) is 36.5 Å². The largest absolute Gasteiger partial charge is 0.462 e. The van der Waals surface area contributed by atoms with E-state index in [1.54, 1.807) is 30.3 Å². The van der Waals surface area contributed by atoms with E-state index in [1.165, 1.54) is 6.92 Å². The zero-order valence-electron chi connectivity index (χ0n) is 12.2. The van der Waals surface area contributed by atoms with Crippen LogP contribution in [-0.2, 0) is 17.5 Å². The molecule has 1 atom stereocenters. The van der Waals surface area contributed by atoms with Gasteiger partial charge in [-0.25, -0.2) is 4.79 Å². The van der Waals surface area contributed by atoms with E-state index in [-0.39, 0.29) is 13.2 Å². The van der Waals surface area contributed by atoms with Crippen LogP contribution < -0.4 is 0 Å². The maximum absolute atomic E-state index is 13.0. The molecule has 0 aliphatic heterocycles. The molecule has 0 aliphatic carbocycles. The molecule has 124 valence electrons. The number of nitrogens with zero attached hydrogens (tertiary/aromatic N) is 2. The van der Waals surface area contributed by atoms with E-state index in [4.69, 9.17) is 0 Å². The van der Waals surface area contributed by atoms with Gasteiger partial charge in [-0.05, 0) is 12.5 Å². The summed E-state index contributed by atoms with van der Waals surface area (Å²) in [6, 6.07) is 8.45. The lowest BCUT2D eigenvalue weighted by Crippen LogP contribution is -2.14. The zero-order valence-corrected chi connectivity index (χ0v) is 12.2. The van der Waals surface area contributed by atoms with Crippen LogP contribution >= 0.6 is 0 Å². The number of aromatic nitrogens is 2. The minimum atomic E-state index is -4.79. The predicted molar refractivity (Wildman–Crippen MR) is 74.6 cm³/mol. The Morgan fingerprint density at radius 2 is 2.00 bits per heavy atom. The molecule has 8 heteroatoms. The maximum Gasteiger partial charge on any atom is 0.436 e. The Balaban J connectivity index is 2.28. The number of esters is 1. The monoisotopic (exact) mass is 328 g/mol. The van der Waals surface area contributed by atoms with E-state index in [0.717, 1.165) is 10.9 Å². The summed E-state index contributed by atoms with van der Waals surface area (Å²) in [6.07, 6.45) is -4.90. The van der Waals surface area contributed by atoms with Gasteiger partial charge in [-0.2, -0.15) is 18.3 Å². The van der Waals surface area contributed by atoms with Crippen LogP contribution in [0.4, 0.5) is 13.2 Å². The van der Waals surface area contributed by atoms with Crippen LogP contribution in [0.1, 0.15) is 34.6 Å². The normalized spacial score (nSPS) is 12.9. The van der Waals surface area contributed by atoms with Crippen LogP contribution in [-0.4, -0.2) is 27.5 Å². The van der Waals surface area contributed by atoms with E-state index < -0.39 is 29.5 Å². The number of carbonyl (C=O) groups is 1. The van der Waals surface area contributed by atoms with Crippen LogP contribution in [0.3, 0.4) is 0 Å². The van der Waals surface area contributed by atoms with Crippen molar-refractivity contribution in [2.75, 3.05) is 6.61 Å². The Morgan fingerprint density at radius 1 is 1.35 bits per heavy atom. The molecule has 1 aromatic heterocycles. The van der Waals surface area contributed by atoms with Crippen molar-refractivity contribution >= 4 is 5.97 Å². The summed E-state index contributed by atoms with van der Waals surface area (Å²) in [5.41, 5.74) is -1.45. The first kappa shape index (κ1) is 17.0. The molecule has 23 heavy (non-hydrogen) atoms. The highest BCUT2D eigenvalue weighted by atomic mass is 19.4. The first-order chi connectivity index (χ1) is 10.8. The fourth-order valence-corrected chi connectivity index (χ4v) is 2.04. The van der Waals surface area contributed by atoms with Gasteiger partial charge in [0.15, 0.2) is 5.69 Å². The summed E-state index contributed by atoms with van der Waals surface area (Å²) in [5.74, 6) is -1.10. The highest BCUT2D eigenvalue weighted by Crippen LogP contribution is 2.31. The third-order valence-electron chi connectivity index (χ3n) is 3.07. The van der Waals surface area contributed by atoms with Crippen molar-refractivity contribution in [1.29, 1.82) is 0 Å². The molecular formula is C15H15F3N2O3. The summed E-state index contributed by atoms with van der Waals surface area (Å²) in [6.45, 7) is 1.23. The SMILES string of the molecule is CCOC(=O)c1cn(C[C@H](O)c2ccccc2)nc1C(F)(F)F. The highest BCUT2D eigenvalue weighted by molar-refractivity contribution is 5.90. The van der Waals surface area contributed by atoms with Gasteiger partial charge in [-0.3, -0.25) is 4.68 Å². The second-order valence-corrected chi connectivity index (χ2v) is 4.76. The number of hydrogen-bond acceptors (Lipinski definition) is 4. The Labute approximate surface area is 130 Å². The van der Waals surface area contributed by atoms with Crippen molar-refractivity contribution in [3.63, 3.8) is 0 Å². The molecule has 0 fully saturated rings. The summed E-state index contributed by atoms with van der Waals surface area (Å²) >= 11 is 0. The molecule has 0 amide bonds. The topological polar surface area (TPSA) is 64.3 Å². The lowest BCUT2D eigenvalue weighted by atomic mass is 10.1. The number of alkyl halides is 3. The van der Waals surface area contributed by atoms with Gasteiger partial charge in [-0.15, -0.1) is 0 Å². The number of ether oxygens (including phenoxy) is 1. The molecule has 2 rings (SSSR count). The first-order valence-corrected chi connectivity index (χ1v) is 6.87. The predicted octanol–water partition coefficient (Wildman–Crippen LogP) is 2.81. The van der Waals surface area contributed by atoms with Crippen LogP contribution in [0, 0.1) is 0 Å². The van der Waals surface area contributed by atoms with Crippen molar-refractivity contribution < 1.29 is 27.8 Å². The molecule has 5 nitrogen and oxygen atoms in total. The van der Waals surface area contributed by atoms with Gasteiger partial charge >= 0.3 is 12.1 Å². The van der Waals surface area contributed by atoms with E-state index in [0.29, 0.717) is 5.56 Å². The van der Waals surface area contributed by atoms with Gasteiger partial charge in [0.25, 0.3) is 0 Å². The van der Waals surface area contributed by atoms with Gasteiger partial charge in [0.05, 0.1) is 19.3 Å². The lowest BCUT2D eigenvalue weighted by Gasteiger charge is -2.10. The smallest absolute Gasteiger partial charge is 0.436 e. The van der Waals surface area contributed by atoms with Gasteiger partial charge in [0, 0.05) is 6.20 Å². The minimum absolute atomic E-state index is 0.0477. The second kappa shape index (κ2) is 6.82. The number of benzene rings is 1. The van der Waals surface area contributed by atoms with Crippen LogP contribution in [0.25, 0.3) is 0 Å². The number of carbonyl (C=O) groups excluding carboxylic acids is 1. The third-order valence-corrected chi connectivity index (χ3v) is 3.07. The lowest BCUT2D eigenvalue weighted by molar-refractivity contribution is -0.142. The molecule has 0 spiro atoms. The molecule has 0 saturated carbocycles. The Morgan fingerprint density at radius 3 is 2.57 bits per heavy atom. The van der Waals surface area contributed by atoms with Crippen molar-refractivity contribution in [3.8, 4) is 0 Å². The molecule has 0 radical (unpaired) electrons. The quantitative estimate of drug-likeness (QED) is 0.857. The molecule has 2 aromatic rings. The van der Waals surface area contributed by atoms with Crippen molar-refractivity contribution in [1.82, 2.24) is 9.78 Å². The molecule has 1 N–H and O–H groups in total. The number of rotatable bonds is 5. The molecule has 0 saturated heterocycles. The standard InChI is InChI=1S/C15H15F3N2O3/c1-2-23-14(22)11-8-20(19-13(11)15(16,17)18)9-12(21)10-6-4-3-5-7-10/h3-8,12,21H,2,9H2,1H3/t12-/m0/s1. The summed E-state index contributed by atoms with van der Waals surface area (Å²) in [5, 5.41) is 13.4. The highest BCUT2D eigenvalue weighted by Gasteiger charge is 2.39. The second-order valence-electron chi connectivity index (χ2n) is 4.76. The van der Waals surface area contributed by atoms with Crippen LogP contribution in [0.2, 0.25) is 0 Å². The van der Waals surface area contributed by atoms with E-state index in [9.17, 15) is 23.1 Å². The zero-order chi connectivity index (χ0) is 17.0. The Hall–Kier alpha value is -2.35. The van der Waals surface area contributed by atoms with Gasteiger partial charge in [0.2, 0.25) is 0 Å². The van der Waals surface area contributed by atoms with Gasteiger partial charge in [-0.1, -0.05) is 30.3 Å². The Kier molecular flexibility index (Phi) is 5.05. The fourth-order valence-electron chi connectivity index (χ4n) is 2.04. The van der Waals surface area contributed by atoms with Crippen molar-refractivity contribution in [2.24, 2.45) is 0 Å². The van der Waals surface area contributed by atoms with Crippen LogP contribution in [0.5, 0.6) is 0 Å². The number of halogens is 3. The number of aliphatic hydroxyl groups excluding tert-OH is 1. The van der Waals surface area contributed by atoms with Gasteiger partial charge in [0.1, 0.15) is 5.56 Å². The van der Waals surface area contributed by atoms with Crippen molar-refractivity contribution in [2.45, 2.75) is 25.7 Å². The third kappa shape index (κ3) is 4.10. The minimum Gasteiger partial charge on any atom is -0.462 e. The Bertz CT molecular complexity index is 668. The summed E-state index contributed by atoms with van der Waals surface area (Å²) in [4.78, 5) is 11.6. The number of hydrogen-bond donors (Lipinski definition) is 1. The average Bonchev–Trinajstić information content (AvgIpc) is 2.92. The summed E-state index contributed by atoms with van der Waals surface area (Å²) in [7, 11) is 0. The molecule has 1 heterocycles. The average molecular weight is 328 g/mol.